The molecule has 154 valence electrons. The number of carbonyl (C=O) groups excluding carboxylic acids is 2. The summed E-state index contributed by atoms with van der Waals surface area (Å²) >= 11 is 0. The van der Waals surface area contributed by atoms with Crippen LogP contribution in [0.2, 0.25) is 0 Å². The highest BCUT2D eigenvalue weighted by atomic mass is 16.5. The van der Waals surface area contributed by atoms with E-state index < -0.39 is 5.97 Å². The van der Waals surface area contributed by atoms with E-state index in [1.165, 1.54) is 7.11 Å². The second-order valence-corrected chi connectivity index (χ2v) is 7.54. The highest BCUT2D eigenvalue weighted by Crippen LogP contribution is 2.19. The molecule has 0 unspecified atom stereocenters. The van der Waals surface area contributed by atoms with Crippen molar-refractivity contribution < 1.29 is 14.3 Å². The van der Waals surface area contributed by atoms with E-state index in [4.69, 9.17) is 0 Å². The molecule has 1 aromatic heterocycles. The molecule has 0 atom stereocenters. The Morgan fingerprint density at radius 1 is 1.17 bits per heavy atom. The number of methoxy groups -OCH3 is 1. The maximum absolute atomic E-state index is 13.0. The maximum atomic E-state index is 13.0. The summed E-state index contributed by atoms with van der Waals surface area (Å²) in [6.07, 6.45) is 0.690. The molecule has 2 heterocycles. The van der Waals surface area contributed by atoms with Crippen molar-refractivity contribution in [2.75, 3.05) is 25.5 Å². The second kappa shape index (κ2) is 8.12. The van der Waals surface area contributed by atoms with Crippen LogP contribution in [0.5, 0.6) is 0 Å². The van der Waals surface area contributed by atoms with E-state index in [9.17, 15) is 14.4 Å². The number of nitrogens with zero attached hydrogens (tertiary/aromatic N) is 1. The summed E-state index contributed by atoms with van der Waals surface area (Å²) in [6.45, 7) is 3.27. The fourth-order valence-electron chi connectivity index (χ4n) is 3.79. The zero-order valence-corrected chi connectivity index (χ0v) is 17.0. The van der Waals surface area contributed by atoms with Crippen LogP contribution in [0.3, 0.4) is 0 Å². The van der Waals surface area contributed by atoms with Gasteiger partial charge in [0.1, 0.15) is 0 Å². The first kappa shape index (κ1) is 19.8. The molecule has 0 spiro atoms. The number of fused-ring (bicyclic) bond motifs is 2. The molecule has 7 nitrogen and oxygen atoms in total. The Balaban J connectivity index is 1.45. The van der Waals surface area contributed by atoms with Crippen molar-refractivity contribution >= 4 is 28.5 Å². The lowest BCUT2D eigenvalue weighted by atomic mass is 10.0. The van der Waals surface area contributed by atoms with Gasteiger partial charge in [0.2, 0.25) is 5.91 Å². The van der Waals surface area contributed by atoms with Crippen molar-refractivity contribution in [1.82, 2.24) is 9.88 Å². The lowest BCUT2D eigenvalue weighted by Gasteiger charge is -2.27. The van der Waals surface area contributed by atoms with Crippen molar-refractivity contribution in [3.63, 3.8) is 0 Å². The Labute approximate surface area is 173 Å². The van der Waals surface area contributed by atoms with Gasteiger partial charge in [-0.2, -0.15) is 0 Å². The highest BCUT2D eigenvalue weighted by Gasteiger charge is 2.22. The van der Waals surface area contributed by atoms with Gasteiger partial charge >= 0.3 is 5.97 Å². The predicted molar refractivity (Wildman–Crippen MR) is 115 cm³/mol. The van der Waals surface area contributed by atoms with E-state index in [0.29, 0.717) is 36.1 Å². The minimum Gasteiger partial charge on any atom is -0.465 e. The van der Waals surface area contributed by atoms with Crippen molar-refractivity contribution in [3.05, 3.63) is 75.1 Å². The van der Waals surface area contributed by atoms with Crippen molar-refractivity contribution in [1.29, 1.82) is 0 Å². The SMILES string of the molecule is COC(=O)c1ccc(NC(=O)CN2CCc3[nH]c4ccc(C)cc4c(=O)c3C2)cc1. The molecule has 4 rings (SSSR count). The van der Waals surface area contributed by atoms with Gasteiger partial charge in [0.25, 0.3) is 0 Å². The number of hydrogen-bond donors (Lipinski definition) is 2. The molecular weight excluding hydrogens is 382 g/mol. The zero-order chi connectivity index (χ0) is 21.3. The molecule has 0 bridgehead atoms. The van der Waals surface area contributed by atoms with E-state index in [1.807, 2.05) is 30.0 Å². The Bertz CT molecular complexity index is 1180. The average Bonchev–Trinajstić information content (AvgIpc) is 2.75. The monoisotopic (exact) mass is 405 g/mol. The van der Waals surface area contributed by atoms with Crippen molar-refractivity contribution in [2.45, 2.75) is 19.9 Å². The zero-order valence-electron chi connectivity index (χ0n) is 17.0. The van der Waals surface area contributed by atoms with Crippen LogP contribution in [0.1, 0.15) is 27.2 Å². The van der Waals surface area contributed by atoms with E-state index in [2.05, 4.69) is 15.0 Å². The fraction of sp³-hybridized carbons (Fsp3) is 0.261. The Hall–Kier alpha value is -3.45. The number of pyridine rings is 1. The van der Waals surface area contributed by atoms with Gasteiger partial charge < -0.3 is 15.0 Å². The molecule has 0 saturated carbocycles. The Kier molecular flexibility index (Phi) is 5.37. The summed E-state index contributed by atoms with van der Waals surface area (Å²) in [4.78, 5) is 42.3. The summed E-state index contributed by atoms with van der Waals surface area (Å²) in [5.41, 5.74) is 4.63. The van der Waals surface area contributed by atoms with Crippen LogP contribution in [0.4, 0.5) is 5.69 Å². The highest BCUT2D eigenvalue weighted by molar-refractivity contribution is 5.94. The molecule has 0 fully saturated rings. The van der Waals surface area contributed by atoms with E-state index >= 15 is 0 Å². The summed E-state index contributed by atoms with van der Waals surface area (Å²) < 4.78 is 4.67. The lowest BCUT2D eigenvalue weighted by molar-refractivity contribution is -0.117. The van der Waals surface area contributed by atoms with E-state index in [-0.39, 0.29) is 17.9 Å². The fourth-order valence-corrected chi connectivity index (χ4v) is 3.79. The van der Waals surface area contributed by atoms with E-state index in [0.717, 1.165) is 22.3 Å². The molecule has 7 heteroatoms. The van der Waals surface area contributed by atoms with Gasteiger partial charge in [-0.1, -0.05) is 11.6 Å². The van der Waals surface area contributed by atoms with Gasteiger partial charge in [0, 0.05) is 47.4 Å². The first-order valence-electron chi connectivity index (χ1n) is 9.79. The summed E-state index contributed by atoms with van der Waals surface area (Å²) in [5.74, 6) is -0.592. The molecule has 0 saturated heterocycles. The molecule has 1 aliphatic heterocycles. The van der Waals surface area contributed by atoms with Crippen LogP contribution in [0, 0.1) is 6.92 Å². The number of aromatic amines is 1. The van der Waals surface area contributed by atoms with Gasteiger partial charge in [-0.05, 0) is 43.3 Å². The van der Waals surface area contributed by atoms with Gasteiger partial charge in [-0.25, -0.2) is 4.79 Å². The van der Waals surface area contributed by atoms with Crippen molar-refractivity contribution in [3.8, 4) is 0 Å². The normalized spacial score (nSPS) is 13.7. The molecule has 0 aliphatic carbocycles. The molecule has 1 aliphatic rings. The smallest absolute Gasteiger partial charge is 0.337 e. The third-order valence-corrected chi connectivity index (χ3v) is 5.36. The molecule has 2 N–H and O–H groups in total. The first-order chi connectivity index (χ1) is 14.4. The number of ether oxygens (including phenoxy) is 1. The maximum Gasteiger partial charge on any atom is 0.337 e. The Morgan fingerprint density at radius 3 is 2.67 bits per heavy atom. The van der Waals surface area contributed by atoms with Crippen LogP contribution in [-0.2, 0) is 22.5 Å². The average molecular weight is 405 g/mol. The van der Waals surface area contributed by atoms with Crippen LogP contribution in [0.15, 0.2) is 47.3 Å². The number of H-pyrrole nitrogens is 1. The summed E-state index contributed by atoms with van der Waals surface area (Å²) in [5, 5.41) is 3.52. The minimum absolute atomic E-state index is 0.0333. The number of nitrogens with one attached hydrogen (secondary N) is 2. The number of esters is 1. The molecule has 0 radical (unpaired) electrons. The number of anilines is 1. The van der Waals surface area contributed by atoms with Crippen LogP contribution >= 0.6 is 0 Å². The standard InChI is InChI=1S/C23H23N3O4/c1-14-3-8-19-17(11-14)22(28)18-12-26(10-9-20(18)25-19)13-21(27)24-16-6-4-15(5-7-16)23(29)30-2/h3-8,11H,9-10,12-13H2,1-2H3,(H,24,27)(H,25,28). The van der Waals surface area contributed by atoms with Crippen LogP contribution < -0.4 is 10.7 Å². The number of benzene rings is 2. The number of carbonyl (C=O) groups is 2. The quantitative estimate of drug-likeness (QED) is 0.651. The number of hydrogen-bond acceptors (Lipinski definition) is 5. The molecular formula is C23H23N3O4. The molecule has 3 aromatic rings. The Morgan fingerprint density at radius 2 is 1.93 bits per heavy atom. The number of aromatic nitrogens is 1. The number of aryl methyl sites for hydroxylation is 1. The van der Waals surface area contributed by atoms with Gasteiger partial charge in [0.05, 0.1) is 19.2 Å². The van der Waals surface area contributed by atoms with Crippen LogP contribution in [0.25, 0.3) is 10.9 Å². The summed E-state index contributed by atoms with van der Waals surface area (Å²) in [7, 11) is 1.32. The lowest BCUT2D eigenvalue weighted by Crippen LogP contribution is -2.39. The van der Waals surface area contributed by atoms with Gasteiger partial charge in [-0.15, -0.1) is 0 Å². The van der Waals surface area contributed by atoms with Crippen LogP contribution in [-0.4, -0.2) is 42.0 Å². The topological polar surface area (TPSA) is 91.5 Å². The predicted octanol–water partition coefficient (Wildman–Crippen LogP) is 2.62. The van der Waals surface area contributed by atoms with Crippen molar-refractivity contribution in [2.24, 2.45) is 0 Å². The van der Waals surface area contributed by atoms with Gasteiger partial charge in [-0.3, -0.25) is 14.5 Å². The number of amides is 1. The molecule has 30 heavy (non-hydrogen) atoms. The van der Waals surface area contributed by atoms with E-state index in [1.54, 1.807) is 24.3 Å². The first-order valence-corrected chi connectivity index (χ1v) is 9.79. The largest absolute Gasteiger partial charge is 0.465 e. The summed E-state index contributed by atoms with van der Waals surface area (Å²) in [6, 6.07) is 12.4. The molecule has 2 aromatic carbocycles. The molecule has 1 amide bonds. The second-order valence-electron chi connectivity index (χ2n) is 7.54. The minimum atomic E-state index is -0.423. The third kappa shape index (κ3) is 3.97. The third-order valence-electron chi connectivity index (χ3n) is 5.36. The van der Waals surface area contributed by atoms with Gasteiger partial charge in [0.15, 0.2) is 5.43 Å². The number of rotatable bonds is 4.